The fourth-order valence-corrected chi connectivity index (χ4v) is 3.26. The molecule has 2 aromatic rings. The summed E-state index contributed by atoms with van der Waals surface area (Å²) in [6.45, 7) is 2.84. The molecule has 3 rings (SSSR count). The van der Waals surface area contributed by atoms with Crippen molar-refractivity contribution >= 4 is 23.2 Å². The average Bonchev–Trinajstić information content (AvgIpc) is 2.63. The second-order valence-electron chi connectivity index (χ2n) is 6.26. The van der Waals surface area contributed by atoms with Crippen LogP contribution in [0.2, 0.25) is 5.02 Å². The Morgan fingerprint density at radius 3 is 2.42 bits per heavy atom. The molecular weight excluding hydrogens is 320 g/mol. The first-order chi connectivity index (χ1) is 11.7. The van der Waals surface area contributed by atoms with Gasteiger partial charge in [0.05, 0.1) is 6.42 Å². The minimum Gasteiger partial charge on any atom is -0.372 e. The SMILES string of the molecule is O=C(Cc1ccccc1Cl)NCc1ccc(N2CCCCC2)cc1. The summed E-state index contributed by atoms with van der Waals surface area (Å²) in [5, 5.41) is 3.60. The maximum atomic E-state index is 12.1. The molecule has 1 amide bonds. The standard InChI is InChI=1S/C20H23ClN2O/c21-19-7-3-2-6-17(19)14-20(24)22-15-16-8-10-18(11-9-16)23-12-4-1-5-13-23/h2-3,6-11H,1,4-5,12-15H2,(H,22,24). The molecule has 1 N–H and O–H groups in total. The van der Waals surface area contributed by atoms with Gasteiger partial charge in [-0.1, -0.05) is 41.9 Å². The normalized spacial score (nSPS) is 14.5. The maximum absolute atomic E-state index is 12.1. The van der Waals surface area contributed by atoms with Crippen LogP contribution in [0.5, 0.6) is 0 Å². The van der Waals surface area contributed by atoms with E-state index < -0.39 is 0 Å². The molecule has 1 aliphatic rings. The third-order valence-electron chi connectivity index (χ3n) is 4.46. The van der Waals surface area contributed by atoms with E-state index in [0.717, 1.165) is 24.2 Å². The average molecular weight is 343 g/mol. The molecule has 0 aliphatic carbocycles. The first-order valence-electron chi connectivity index (χ1n) is 8.56. The molecule has 1 aliphatic heterocycles. The fourth-order valence-electron chi connectivity index (χ4n) is 3.05. The van der Waals surface area contributed by atoms with E-state index in [-0.39, 0.29) is 5.91 Å². The van der Waals surface area contributed by atoms with Crippen LogP contribution in [0.15, 0.2) is 48.5 Å². The monoisotopic (exact) mass is 342 g/mol. The largest absolute Gasteiger partial charge is 0.372 e. The van der Waals surface area contributed by atoms with Crippen LogP contribution in [0.1, 0.15) is 30.4 Å². The summed E-state index contributed by atoms with van der Waals surface area (Å²) < 4.78 is 0. The first kappa shape index (κ1) is 16.8. The van der Waals surface area contributed by atoms with Gasteiger partial charge in [0.25, 0.3) is 0 Å². The first-order valence-corrected chi connectivity index (χ1v) is 8.94. The Bertz CT molecular complexity index is 678. The highest BCUT2D eigenvalue weighted by Crippen LogP contribution is 2.20. The molecule has 0 saturated carbocycles. The van der Waals surface area contributed by atoms with Crippen molar-refractivity contribution in [1.29, 1.82) is 0 Å². The molecule has 0 bridgehead atoms. The minimum absolute atomic E-state index is 0.0109. The number of amides is 1. The van der Waals surface area contributed by atoms with Crippen LogP contribution in [-0.4, -0.2) is 19.0 Å². The van der Waals surface area contributed by atoms with Gasteiger partial charge in [-0.15, -0.1) is 0 Å². The van der Waals surface area contributed by atoms with Gasteiger partial charge in [-0.2, -0.15) is 0 Å². The Kier molecular flexibility index (Phi) is 5.76. The Balaban J connectivity index is 1.51. The minimum atomic E-state index is -0.0109. The molecule has 0 radical (unpaired) electrons. The van der Waals surface area contributed by atoms with E-state index in [1.165, 1.54) is 24.9 Å². The summed E-state index contributed by atoms with van der Waals surface area (Å²) in [4.78, 5) is 14.5. The number of piperidine rings is 1. The molecule has 126 valence electrons. The predicted molar refractivity (Wildman–Crippen MR) is 99.5 cm³/mol. The van der Waals surface area contributed by atoms with Crippen molar-refractivity contribution in [3.8, 4) is 0 Å². The number of carbonyl (C=O) groups excluding carboxylic acids is 1. The van der Waals surface area contributed by atoms with Gasteiger partial charge in [-0.05, 0) is 48.6 Å². The fraction of sp³-hybridized carbons (Fsp3) is 0.350. The number of hydrogen-bond donors (Lipinski definition) is 1. The van der Waals surface area contributed by atoms with Gasteiger partial charge < -0.3 is 10.2 Å². The lowest BCUT2D eigenvalue weighted by atomic mass is 10.1. The maximum Gasteiger partial charge on any atom is 0.224 e. The summed E-state index contributed by atoms with van der Waals surface area (Å²) in [7, 11) is 0. The van der Waals surface area contributed by atoms with Crippen LogP contribution in [0, 0.1) is 0 Å². The van der Waals surface area contributed by atoms with Gasteiger partial charge in [0.2, 0.25) is 5.91 Å². The Labute approximate surface area is 148 Å². The van der Waals surface area contributed by atoms with Gasteiger partial charge >= 0.3 is 0 Å². The van der Waals surface area contributed by atoms with Gasteiger partial charge in [-0.3, -0.25) is 4.79 Å². The predicted octanol–water partition coefficient (Wildman–Crippen LogP) is 4.19. The topological polar surface area (TPSA) is 32.3 Å². The van der Waals surface area contributed by atoms with E-state index in [2.05, 4.69) is 34.5 Å². The van der Waals surface area contributed by atoms with E-state index in [9.17, 15) is 4.79 Å². The molecule has 2 aromatic carbocycles. The lowest BCUT2D eigenvalue weighted by Gasteiger charge is -2.28. The Morgan fingerprint density at radius 1 is 1.00 bits per heavy atom. The van der Waals surface area contributed by atoms with Crippen molar-refractivity contribution in [2.45, 2.75) is 32.2 Å². The van der Waals surface area contributed by atoms with Crippen molar-refractivity contribution in [3.63, 3.8) is 0 Å². The lowest BCUT2D eigenvalue weighted by Crippen LogP contribution is -2.29. The summed E-state index contributed by atoms with van der Waals surface area (Å²) in [6, 6.07) is 16.0. The zero-order valence-electron chi connectivity index (χ0n) is 13.8. The highest BCUT2D eigenvalue weighted by atomic mass is 35.5. The highest BCUT2D eigenvalue weighted by Gasteiger charge is 2.11. The van der Waals surface area contributed by atoms with Crippen molar-refractivity contribution in [2.24, 2.45) is 0 Å². The van der Waals surface area contributed by atoms with Gasteiger partial charge in [0.1, 0.15) is 0 Å². The van der Waals surface area contributed by atoms with Crippen LogP contribution in [0.3, 0.4) is 0 Å². The van der Waals surface area contributed by atoms with Crippen molar-refractivity contribution in [1.82, 2.24) is 5.32 Å². The second kappa shape index (κ2) is 8.20. The molecule has 24 heavy (non-hydrogen) atoms. The number of anilines is 1. The molecule has 0 spiro atoms. The van der Waals surface area contributed by atoms with Crippen molar-refractivity contribution in [2.75, 3.05) is 18.0 Å². The van der Waals surface area contributed by atoms with Gasteiger partial charge in [0.15, 0.2) is 0 Å². The van der Waals surface area contributed by atoms with Crippen molar-refractivity contribution in [3.05, 3.63) is 64.7 Å². The van der Waals surface area contributed by atoms with Crippen LogP contribution in [-0.2, 0) is 17.8 Å². The zero-order valence-corrected chi connectivity index (χ0v) is 14.6. The molecule has 0 unspecified atom stereocenters. The molecule has 1 heterocycles. The number of nitrogens with zero attached hydrogens (tertiary/aromatic N) is 1. The third kappa shape index (κ3) is 4.51. The number of nitrogens with one attached hydrogen (secondary N) is 1. The number of rotatable bonds is 5. The third-order valence-corrected chi connectivity index (χ3v) is 4.82. The van der Waals surface area contributed by atoms with E-state index in [0.29, 0.717) is 18.0 Å². The lowest BCUT2D eigenvalue weighted by molar-refractivity contribution is -0.120. The van der Waals surface area contributed by atoms with E-state index >= 15 is 0 Å². The molecule has 0 atom stereocenters. The summed E-state index contributed by atoms with van der Waals surface area (Å²) in [6.07, 6.45) is 4.21. The Hall–Kier alpha value is -2.00. The summed E-state index contributed by atoms with van der Waals surface area (Å²) >= 11 is 6.09. The number of benzene rings is 2. The van der Waals surface area contributed by atoms with Gasteiger partial charge in [-0.25, -0.2) is 0 Å². The second-order valence-corrected chi connectivity index (χ2v) is 6.67. The van der Waals surface area contributed by atoms with Crippen molar-refractivity contribution < 1.29 is 4.79 Å². The molecule has 1 saturated heterocycles. The number of hydrogen-bond acceptors (Lipinski definition) is 2. The Morgan fingerprint density at radius 2 is 1.71 bits per heavy atom. The molecule has 0 aromatic heterocycles. The smallest absolute Gasteiger partial charge is 0.224 e. The summed E-state index contributed by atoms with van der Waals surface area (Å²) in [5.41, 5.74) is 3.25. The number of carbonyl (C=O) groups is 1. The number of halogens is 1. The van der Waals surface area contributed by atoms with E-state index in [4.69, 9.17) is 11.6 Å². The van der Waals surface area contributed by atoms with Crippen LogP contribution >= 0.6 is 11.6 Å². The molecule has 1 fully saturated rings. The van der Waals surface area contributed by atoms with Crippen LogP contribution < -0.4 is 10.2 Å². The zero-order chi connectivity index (χ0) is 16.8. The highest BCUT2D eigenvalue weighted by molar-refractivity contribution is 6.31. The summed E-state index contributed by atoms with van der Waals surface area (Å²) in [5.74, 6) is -0.0109. The van der Waals surface area contributed by atoms with E-state index in [1.807, 2.05) is 24.3 Å². The molecular formula is C20H23ClN2O. The molecule has 3 nitrogen and oxygen atoms in total. The van der Waals surface area contributed by atoms with Crippen LogP contribution in [0.4, 0.5) is 5.69 Å². The van der Waals surface area contributed by atoms with Crippen LogP contribution in [0.25, 0.3) is 0 Å². The molecule has 4 heteroatoms. The van der Waals surface area contributed by atoms with E-state index in [1.54, 1.807) is 0 Å². The van der Waals surface area contributed by atoms with Gasteiger partial charge in [0, 0.05) is 30.3 Å². The quantitative estimate of drug-likeness (QED) is 0.883.